The number of sulfonamides is 2. The summed E-state index contributed by atoms with van der Waals surface area (Å²) in [7, 11) is -12.5. The average Bonchev–Trinajstić information content (AvgIpc) is 1.98. The largest absolute Gasteiger partial charge is 0.421 e. The van der Waals surface area contributed by atoms with Gasteiger partial charge in [0.2, 0.25) is 0 Å². The van der Waals surface area contributed by atoms with Crippen molar-refractivity contribution in [3.05, 3.63) is 0 Å². The highest BCUT2D eigenvalue weighted by molar-refractivity contribution is 8.05. The Bertz CT molecular complexity index is 477. The fourth-order valence-electron chi connectivity index (χ4n) is 0.478. The maximum atomic E-state index is 12.6. The van der Waals surface area contributed by atoms with Crippen molar-refractivity contribution < 1.29 is 43.2 Å². The van der Waals surface area contributed by atoms with Crippen molar-refractivity contribution in [2.75, 3.05) is 0 Å². The van der Waals surface area contributed by atoms with Crippen LogP contribution < -0.4 is 4.13 Å². The molecule has 0 saturated heterocycles. The molecule has 0 atom stereocenters. The lowest BCUT2D eigenvalue weighted by molar-refractivity contribution is -0.143. The van der Waals surface area contributed by atoms with Crippen LogP contribution in [0.1, 0.15) is 6.92 Å². The molecular formula is C4H5F6NO4S2. The van der Waals surface area contributed by atoms with Gasteiger partial charge in [-0.05, 0) is 0 Å². The minimum Gasteiger partial charge on any atom is -0.205 e. The van der Waals surface area contributed by atoms with Gasteiger partial charge >= 0.3 is 16.9 Å². The van der Waals surface area contributed by atoms with Crippen LogP contribution in [0, 0.1) is 0 Å². The summed E-state index contributed by atoms with van der Waals surface area (Å²) < 4.78 is 115. The predicted octanol–water partition coefficient (Wildman–Crippen LogP) is 0.706. The Morgan fingerprint density at radius 1 is 1.00 bits per heavy atom. The summed E-state index contributed by atoms with van der Waals surface area (Å²) in [4.78, 5) is 0. The van der Waals surface area contributed by atoms with E-state index in [2.05, 4.69) is 0 Å². The van der Waals surface area contributed by atoms with Crippen LogP contribution in [0.2, 0.25) is 0 Å². The molecular weight excluding hydrogens is 304 g/mol. The van der Waals surface area contributed by atoms with Crippen molar-refractivity contribution in [1.29, 1.82) is 0 Å². The maximum Gasteiger partial charge on any atom is 0.421 e. The Labute approximate surface area is 91.9 Å². The Balaban J connectivity index is 5.50. The van der Waals surface area contributed by atoms with Crippen molar-refractivity contribution >= 4 is 20.0 Å². The van der Waals surface area contributed by atoms with Gasteiger partial charge in [-0.3, -0.25) is 0 Å². The Morgan fingerprint density at radius 3 is 1.59 bits per heavy atom. The molecule has 0 fully saturated rings. The van der Waals surface area contributed by atoms with Crippen LogP contribution in [0.25, 0.3) is 0 Å². The zero-order valence-corrected chi connectivity index (χ0v) is 9.43. The minimum atomic E-state index is -6.52. The van der Waals surface area contributed by atoms with E-state index >= 15 is 0 Å². The summed E-state index contributed by atoms with van der Waals surface area (Å²) in [6, 6.07) is 0. The van der Waals surface area contributed by atoms with Crippen molar-refractivity contribution in [3.8, 4) is 0 Å². The van der Waals surface area contributed by atoms with Gasteiger partial charge < -0.3 is 0 Å². The third-order valence-electron chi connectivity index (χ3n) is 1.31. The van der Waals surface area contributed by atoms with E-state index in [0.29, 0.717) is 0 Å². The lowest BCUT2D eigenvalue weighted by atomic mass is 10.4. The molecule has 0 aliphatic carbocycles. The van der Waals surface area contributed by atoms with Crippen LogP contribution in [0.5, 0.6) is 0 Å². The molecule has 0 spiro atoms. The molecule has 0 rings (SSSR count). The van der Waals surface area contributed by atoms with E-state index in [9.17, 15) is 43.2 Å². The molecule has 0 radical (unpaired) electrons. The Hall–Kier alpha value is -0.560. The molecule has 13 heteroatoms. The fraction of sp³-hybridized carbons (Fsp3) is 1.00. The average molecular weight is 309 g/mol. The molecule has 0 aliphatic heterocycles. The topological polar surface area (TPSA) is 80.3 Å². The second kappa shape index (κ2) is 4.28. The molecule has 104 valence electrons. The number of nitrogens with one attached hydrogen (secondary N) is 1. The van der Waals surface area contributed by atoms with Gasteiger partial charge in [0.25, 0.3) is 20.0 Å². The minimum absolute atomic E-state index is 0.157. The zero-order chi connectivity index (χ0) is 14.3. The molecule has 0 amide bonds. The molecule has 0 aromatic heterocycles. The first-order chi connectivity index (χ1) is 7.15. The second-order valence-corrected chi connectivity index (χ2v) is 6.43. The van der Waals surface area contributed by atoms with Crippen LogP contribution in [0.15, 0.2) is 0 Å². The molecule has 0 aromatic carbocycles. The van der Waals surface area contributed by atoms with Gasteiger partial charge in [-0.1, -0.05) is 4.13 Å². The number of halogens is 6. The summed E-state index contributed by atoms with van der Waals surface area (Å²) in [6.45, 7) is -0.513. The molecule has 0 heterocycles. The molecule has 5 nitrogen and oxygen atoms in total. The Kier molecular flexibility index (Phi) is 4.13. The van der Waals surface area contributed by atoms with Gasteiger partial charge in [0.05, 0.1) is 0 Å². The smallest absolute Gasteiger partial charge is 0.205 e. The van der Waals surface area contributed by atoms with E-state index in [4.69, 9.17) is 0 Å². The lowest BCUT2D eigenvalue weighted by Crippen LogP contribution is -2.52. The normalized spacial score (nSPS) is 15.3. The van der Waals surface area contributed by atoms with E-state index in [0.717, 1.165) is 0 Å². The molecule has 0 unspecified atom stereocenters. The van der Waals surface area contributed by atoms with Gasteiger partial charge in [-0.15, -0.1) is 0 Å². The molecule has 0 aliphatic rings. The SMILES string of the molecule is CC(F)(F)C(F)(F)S(=O)(=O)NS(=O)(=O)C(F)F. The van der Waals surface area contributed by atoms with E-state index < -0.39 is 43.9 Å². The van der Waals surface area contributed by atoms with E-state index in [1.165, 1.54) is 0 Å². The van der Waals surface area contributed by atoms with Crippen LogP contribution in [-0.4, -0.2) is 33.8 Å². The van der Waals surface area contributed by atoms with Crippen LogP contribution in [0.3, 0.4) is 0 Å². The number of alkyl halides is 6. The maximum absolute atomic E-state index is 12.6. The third-order valence-corrected chi connectivity index (χ3v) is 4.62. The first-order valence-electron chi connectivity index (χ1n) is 3.46. The summed E-state index contributed by atoms with van der Waals surface area (Å²) in [6.07, 6.45) is 0. The van der Waals surface area contributed by atoms with Crippen LogP contribution in [0.4, 0.5) is 26.3 Å². The summed E-state index contributed by atoms with van der Waals surface area (Å²) in [5.41, 5.74) is 0. The van der Waals surface area contributed by atoms with Crippen LogP contribution in [-0.2, 0) is 20.0 Å². The first-order valence-corrected chi connectivity index (χ1v) is 6.49. The number of hydrogen-bond acceptors (Lipinski definition) is 4. The number of hydrogen-bond donors (Lipinski definition) is 1. The predicted molar refractivity (Wildman–Crippen MR) is 42.5 cm³/mol. The van der Waals surface area contributed by atoms with Gasteiger partial charge in [-0.2, -0.15) is 26.3 Å². The summed E-state index contributed by atoms with van der Waals surface area (Å²) in [5.74, 6) is -9.52. The van der Waals surface area contributed by atoms with Gasteiger partial charge in [-0.25, -0.2) is 16.8 Å². The molecule has 0 bridgehead atoms. The second-order valence-electron chi connectivity index (χ2n) is 2.80. The molecule has 0 aromatic rings. The monoisotopic (exact) mass is 309 g/mol. The highest BCUT2D eigenvalue weighted by atomic mass is 32.3. The standard InChI is InChI=1S/C4H5F6NO4S2/c1-3(7,8)4(9,10)17(14,15)11-16(12,13)2(5)6/h2,11H,1H3. The quantitative estimate of drug-likeness (QED) is 0.758. The molecule has 1 N–H and O–H groups in total. The summed E-state index contributed by atoms with van der Waals surface area (Å²) in [5, 5.41) is -5.86. The lowest BCUT2D eigenvalue weighted by Gasteiger charge is -2.22. The third kappa shape index (κ3) is 3.22. The zero-order valence-electron chi connectivity index (χ0n) is 7.79. The number of rotatable bonds is 5. The highest BCUT2D eigenvalue weighted by Gasteiger charge is 2.64. The van der Waals surface area contributed by atoms with Crippen molar-refractivity contribution in [2.24, 2.45) is 0 Å². The van der Waals surface area contributed by atoms with E-state index in [1.807, 2.05) is 0 Å². The van der Waals surface area contributed by atoms with Gasteiger partial charge in [0, 0.05) is 6.92 Å². The van der Waals surface area contributed by atoms with Crippen molar-refractivity contribution in [3.63, 3.8) is 0 Å². The molecule has 0 saturated carbocycles. The Morgan fingerprint density at radius 2 is 1.35 bits per heavy atom. The fourth-order valence-corrected chi connectivity index (χ4v) is 2.88. The molecule has 17 heavy (non-hydrogen) atoms. The van der Waals surface area contributed by atoms with Gasteiger partial charge in [0.15, 0.2) is 0 Å². The van der Waals surface area contributed by atoms with Crippen molar-refractivity contribution in [1.82, 2.24) is 4.13 Å². The first kappa shape index (κ1) is 16.4. The van der Waals surface area contributed by atoms with Crippen LogP contribution >= 0.6 is 0 Å². The van der Waals surface area contributed by atoms with Gasteiger partial charge in [0.1, 0.15) is 0 Å². The van der Waals surface area contributed by atoms with Crippen molar-refractivity contribution in [2.45, 2.75) is 23.9 Å². The summed E-state index contributed by atoms with van der Waals surface area (Å²) >= 11 is 0. The van der Waals surface area contributed by atoms with E-state index in [-0.39, 0.29) is 4.13 Å². The highest BCUT2D eigenvalue weighted by Crippen LogP contribution is 2.38. The van der Waals surface area contributed by atoms with E-state index in [1.54, 1.807) is 0 Å².